The van der Waals surface area contributed by atoms with E-state index in [9.17, 15) is 4.79 Å². The molecule has 0 aliphatic heterocycles. The number of hydrogen-bond acceptors (Lipinski definition) is 3. The molecule has 5 heteroatoms. The maximum atomic E-state index is 11.8. The highest BCUT2D eigenvalue weighted by Crippen LogP contribution is 2.10. The van der Waals surface area contributed by atoms with E-state index in [1.54, 1.807) is 10.9 Å². The van der Waals surface area contributed by atoms with Crippen LogP contribution in [0.5, 0.6) is 5.75 Å². The van der Waals surface area contributed by atoms with E-state index in [1.807, 2.05) is 60.7 Å². The third kappa shape index (κ3) is 4.44. The zero-order valence-corrected chi connectivity index (χ0v) is 12.6. The number of carbonyl (C=O) groups excluding carboxylic acids is 1. The molecule has 0 fully saturated rings. The van der Waals surface area contributed by atoms with Crippen LogP contribution in [0.2, 0.25) is 0 Å². The smallest absolute Gasteiger partial charge is 0.407 e. The summed E-state index contributed by atoms with van der Waals surface area (Å²) in [5, 5.41) is 6.90. The lowest BCUT2D eigenvalue weighted by Crippen LogP contribution is -2.26. The molecule has 1 amide bonds. The summed E-state index contributed by atoms with van der Waals surface area (Å²) >= 11 is 0. The zero-order valence-electron chi connectivity index (χ0n) is 12.6. The van der Waals surface area contributed by atoms with Gasteiger partial charge in [-0.3, -0.25) is 4.68 Å². The van der Waals surface area contributed by atoms with Gasteiger partial charge in [-0.2, -0.15) is 5.10 Å². The van der Waals surface area contributed by atoms with Crippen LogP contribution in [0.4, 0.5) is 4.79 Å². The van der Waals surface area contributed by atoms with Crippen molar-refractivity contribution in [2.45, 2.75) is 13.1 Å². The number of hydrogen-bond donors (Lipinski definition) is 1. The minimum Gasteiger partial charge on any atom is -0.407 e. The van der Waals surface area contributed by atoms with Gasteiger partial charge in [0, 0.05) is 6.54 Å². The molecule has 0 aliphatic carbocycles. The van der Waals surface area contributed by atoms with Gasteiger partial charge in [0.1, 0.15) is 0 Å². The number of amides is 1. The highest BCUT2D eigenvalue weighted by atomic mass is 16.6. The Morgan fingerprint density at radius 3 is 2.35 bits per heavy atom. The van der Waals surface area contributed by atoms with Gasteiger partial charge in [-0.05, 0) is 11.1 Å². The number of carbonyl (C=O) groups is 1. The van der Waals surface area contributed by atoms with Crippen molar-refractivity contribution in [3.63, 3.8) is 0 Å². The highest BCUT2D eigenvalue weighted by molar-refractivity contribution is 5.70. The third-order valence-electron chi connectivity index (χ3n) is 3.29. The van der Waals surface area contributed by atoms with Gasteiger partial charge in [-0.25, -0.2) is 4.79 Å². The lowest BCUT2D eigenvalue weighted by molar-refractivity contribution is 0.200. The molecular formula is C18H17N3O2. The summed E-state index contributed by atoms with van der Waals surface area (Å²) in [5.74, 6) is 0.423. The molecule has 2 aromatic carbocycles. The van der Waals surface area contributed by atoms with Gasteiger partial charge >= 0.3 is 6.09 Å². The molecule has 0 radical (unpaired) electrons. The van der Waals surface area contributed by atoms with Gasteiger partial charge in [0.15, 0.2) is 5.75 Å². The molecule has 0 bridgehead atoms. The van der Waals surface area contributed by atoms with E-state index in [-0.39, 0.29) is 0 Å². The first-order valence-corrected chi connectivity index (χ1v) is 7.35. The first kappa shape index (κ1) is 14.8. The molecule has 0 unspecified atom stereocenters. The molecule has 0 aliphatic rings. The van der Waals surface area contributed by atoms with Gasteiger partial charge in [0.2, 0.25) is 0 Å². The van der Waals surface area contributed by atoms with Crippen molar-refractivity contribution in [2.24, 2.45) is 0 Å². The first-order chi connectivity index (χ1) is 11.3. The minimum atomic E-state index is -0.492. The molecule has 116 valence electrons. The third-order valence-corrected chi connectivity index (χ3v) is 3.29. The van der Waals surface area contributed by atoms with Crippen LogP contribution in [0.1, 0.15) is 11.1 Å². The summed E-state index contributed by atoms with van der Waals surface area (Å²) in [6, 6.07) is 19.6. The monoisotopic (exact) mass is 307 g/mol. The fourth-order valence-corrected chi connectivity index (χ4v) is 2.17. The fourth-order valence-electron chi connectivity index (χ4n) is 2.17. The molecule has 0 saturated heterocycles. The van der Waals surface area contributed by atoms with Crippen molar-refractivity contribution in [2.75, 3.05) is 0 Å². The number of benzene rings is 2. The van der Waals surface area contributed by atoms with Crippen LogP contribution in [-0.4, -0.2) is 15.9 Å². The Hall–Kier alpha value is -3.08. The second kappa shape index (κ2) is 7.26. The largest absolute Gasteiger partial charge is 0.412 e. The van der Waals surface area contributed by atoms with Crippen molar-refractivity contribution in [3.8, 4) is 5.75 Å². The molecule has 3 rings (SSSR count). The average Bonchev–Trinajstić information content (AvgIpc) is 3.02. The van der Waals surface area contributed by atoms with Gasteiger partial charge in [0.05, 0.1) is 18.9 Å². The first-order valence-electron chi connectivity index (χ1n) is 7.35. The SMILES string of the molecule is O=C(NCc1ccccc1)Oc1cnn(Cc2ccccc2)c1. The summed E-state index contributed by atoms with van der Waals surface area (Å²) < 4.78 is 6.95. The second-order valence-electron chi connectivity index (χ2n) is 5.09. The van der Waals surface area contributed by atoms with Crippen molar-refractivity contribution in [3.05, 3.63) is 84.2 Å². The Morgan fingerprint density at radius 2 is 1.65 bits per heavy atom. The van der Waals surface area contributed by atoms with Crippen LogP contribution in [0.25, 0.3) is 0 Å². The lowest BCUT2D eigenvalue weighted by Gasteiger charge is -2.05. The van der Waals surface area contributed by atoms with E-state index in [0.717, 1.165) is 11.1 Å². The maximum absolute atomic E-state index is 11.8. The molecule has 5 nitrogen and oxygen atoms in total. The molecule has 23 heavy (non-hydrogen) atoms. The van der Waals surface area contributed by atoms with Crippen molar-refractivity contribution < 1.29 is 9.53 Å². The van der Waals surface area contributed by atoms with E-state index >= 15 is 0 Å². The van der Waals surface area contributed by atoms with Gasteiger partial charge < -0.3 is 10.1 Å². The number of nitrogens with one attached hydrogen (secondary N) is 1. The summed E-state index contributed by atoms with van der Waals surface area (Å²) in [5.41, 5.74) is 2.15. The van der Waals surface area contributed by atoms with Crippen molar-refractivity contribution >= 4 is 6.09 Å². The number of rotatable bonds is 5. The predicted molar refractivity (Wildman–Crippen MR) is 87.1 cm³/mol. The Morgan fingerprint density at radius 1 is 1.00 bits per heavy atom. The molecule has 0 atom stereocenters. The van der Waals surface area contributed by atoms with E-state index in [0.29, 0.717) is 18.8 Å². The lowest BCUT2D eigenvalue weighted by atomic mass is 10.2. The van der Waals surface area contributed by atoms with Gasteiger partial charge in [0.25, 0.3) is 0 Å². The number of aromatic nitrogens is 2. The van der Waals surface area contributed by atoms with Crippen molar-refractivity contribution in [1.29, 1.82) is 0 Å². The summed E-state index contributed by atoms with van der Waals surface area (Å²) in [4.78, 5) is 11.8. The fraction of sp³-hybridized carbons (Fsp3) is 0.111. The van der Waals surface area contributed by atoms with E-state index in [4.69, 9.17) is 4.74 Å². The molecule has 0 spiro atoms. The van der Waals surface area contributed by atoms with E-state index in [2.05, 4.69) is 10.4 Å². The van der Waals surface area contributed by atoms with Crippen LogP contribution in [0, 0.1) is 0 Å². The normalized spacial score (nSPS) is 10.3. The second-order valence-corrected chi connectivity index (χ2v) is 5.09. The molecular weight excluding hydrogens is 290 g/mol. The van der Waals surface area contributed by atoms with E-state index < -0.39 is 6.09 Å². The van der Waals surface area contributed by atoms with Crippen LogP contribution in [0.3, 0.4) is 0 Å². The predicted octanol–water partition coefficient (Wildman–Crippen LogP) is 3.22. The van der Waals surface area contributed by atoms with Crippen LogP contribution in [-0.2, 0) is 13.1 Å². The van der Waals surface area contributed by atoms with E-state index in [1.165, 1.54) is 6.20 Å². The average molecular weight is 307 g/mol. The van der Waals surface area contributed by atoms with Crippen LogP contribution < -0.4 is 10.1 Å². The Bertz CT molecular complexity index is 754. The van der Waals surface area contributed by atoms with Crippen LogP contribution >= 0.6 is 0 Å². The number of nitrogens with zero attached hydrogens (tertiary/aromatic N) is 2. The van der Waals surface area contributed by atoms with Gasteiger partial charge in [-0.15, -0.1) is 0 Å². The summed E-state index contributed by atoms with van der Waals surface area (Å²) in [6.07, 6.45) is 2.74. The van der Waals surface area contributed by atoms with Crippen molar-refractivity contribution in [1.82, 2.24) is 15.1 Å². The molecule has 1 N–H and O–H groups in total. The highest BCUT2D eigenvalue weighted by Gasteiger charge is 2.07. The molecule has 3 aromatic rings. The number of ether oxygens (including phenoxy) is 1. The Balaban J connectivity index is 1.51. The molecule has 0 saturated carbocycles. The Kier molecular flexibility index (Phi) is 4.69. The summed E-state index contributed by atoms with van der Waals surface area (Å²) in [7, 11) is 0. The zero-order chi connectivity index (χ0) is 15.9. The minimum absolute atomic E-state index is 0.423. The Labute approximate surface area is 134 Å². The maximum Gasteiger partial charge on any atom is 0.412 e. The topological polar surface area (TPSA) is 56.1 Å². The van der Waals surface area contributed by atoms with Crippen LogP contribution in [0.15, 0.2) is 73.1 Å². The summed E-state index contributed by atoms with van der Waals surface area (Å²) in [6.45, 7) is 1.06. The quantitative estimate of drug-likeness (QED) is 0.787. The molecule has 1 heterocycles. The van der Waals surface area contributed by atoms with Gasteiger partial charge in [-0.1, -0.05) is 60.7 Å². The molecule has 1 aromatic heterocycles. The standard InChI is InChI=1S/C18H17N3O2/c22-18(19-11-15-7-3-1-4-8-15)23-17-12-20-21(14-17)13-16-9-5-2-6-10-16/h1-10,12,14H,11,13H2,(H,19,22).